The number of amides is 1. The molecule has 0 aliphatic heterocycles. The predicted molar refractivity (Wildman–Crippen MR) is 75.7 cm³/mol. The largest absolute Gasteiger partial charge is 0.397 e. The first-order valence-electron chi connectivity index (χ1n) is 6.25. The maximum Gasteiger partial charge on any atom is 0.253 e. The summed E-state index contributed by atoms with van der Waals surface area (Å²) in [5.74, 6) is -0.0825. The fourth-order valence-corrected chi connectivity index (χ4v) is 3.34. The molecule has 18 heavy (non-hydrogen) atoms. The minimum absolute atomic E-state index is 0.0825. The molecule has 0 spiro atoms. The Labute approximate surface area is 112 Å². The molecule has 0 radical (unpaired) electrons. The lowest BCUT2D eigenvalue weighted by Gasteiger charge is -2.31. The number of aromatic nitrogens is 1. The molecule has 3 N–H and O–H groups in total. The molecule has 1 aromatic rings. The number of nitrogens with two attached hydrogens (primary N) is 1. The SMILES string of the molecule is CSC1CCCCC1NC(=O)c1ccncc1N. The second kappa shape index (κ2) is 6.09. The van der Waals surface area contributed by atoms with Gasteiger partial charge in [0, 0.05) is 17.5 Å². The molecule has 98 valence electrons. The number of nitrogens with zero attached hydrogens (tertiary/aromatic N) is 1. The Morgan fingerprint density at radius 1 is 1.50 bits per heavy atom. The number of anilines is 1. The van der Waals surface area contributed by atoms with Crippen molar-refractivity contribution >= 4 is 23.4 Å². The molecular formula is C13H19N3OS. The predicted octanol–water partition coefficient (Wildman–Crippen LogP) is 2.07. The molecule has 1 heterocycles. The van der Waals surface area contributed by atoms with Crippen LogP contribution in [0.15, 0.2) is 18.5 Å². The zero-order valence-corrected chi connectivity index (χ0v) is 11.4. The first-order valence-corrected chi connectivity index (χ1v) is 7.54. The van der Waals surface area contributed by atoms with Crippen LogP contribution in [0.1, 0.15) is 36.0 Å². The first-order chi connectivity index (χ1) is 8.72. The maximum absolute atomic E-state index is 12.2. The normalized spacial score (nSPS) is 23.6. The van der Waals surface area contributed by atoms with E-state index in [1.54, 1.807) is 12.3 Å². The van der Waals surface area contributed by atoms with E-state index >= 15 is 0 Å². The number of nitrogen functional groups attached to an aromatic ring is 1. The van der Waals surface area contributed by atoms with Crippen LogP contribution in [0.25, 0.3) is 0 Å². The van der Waals surface area contributed by atoms with E-state index in [1.807, 2.05) is 11.8 Å². The van der Waals surface area contributed by atoms with Crippen LogP contribution < -0.4 is 11.1 Å². The van der Waals surface area contributed by atoms with Crippen molar-refractivity contribution in [3.05, 3.63) is 24.0 Å². The summed E-state index contributed by atoms with van der Waals surface area (Å²) in [7, 11) is 0. The number of nitrogens with one attached hydrogen (secondary N) is 1. The van der Waals surface area contributed by atoms with Crippen LogP contribution in [0.3, 0.4) is 0 Å². The van der Waals surface area contributed by atoms with Gasteiger partial charge < -0.3 is 11.1 Å². The molecule has 1 aliphatic rings. The molecule has 1 aliphatic carbocycles. The number of pyridine rings is 1. The third-order valence-electron chi connectivity index (χ3n) is 3.42. The van der Waals surface area contributed by atoms with Gasteiger partial charge in [0.05, 0.1) is 17.4 Å². The highest BCUT2D eigenvalue weighted by Gasteiger charge is 2.26. The van der Waals surface area contributed by atoms with E-state index in [9.17, 15) is 4.79 Å². The van der Waals surface area contributed by atoms with Gasteiger partial charge in [-0.2, -0.15) is 11.8 Å². The van der Waals surface area contributed by atoms with Gasteiger partial charge in [0.25, 0.3) is 5.91 Å². The fourth-order valence-electron chi connectivity index (χ4n) is 2.40. The van der Waals surface area contributed by atoms with E-state index < -0.39 is 0 Å². The number of carbonyl (C=O) groups is 1. The molecule has 2 rings (SSSR count). The summed E-state index contributed by atoms with van der Waals surface area (Å²) in [5, 5.41) is 3.63. The third-order valence-corrected chi connectivity index (χ3v) is 4.59. The highest BCUT2D eigenvalue weighted by atomic mass is 32.2. The standard InChI is InChI=1S/C13H19N3OS/c1-18-12-5-3-2-4-11(12)16-13(17)9-6-7-15-8-10(9)14/h6-8,11-12H,2-5,14H2,1H3,(H,16,17). The van der Waals surface area contributed by atoms with Gasteiger partial charge in [-0.3, -0.25) is 9.78 Å². The molecule has 1 amide bonds. The number of thioether (sulfide) groups is 1. The molecule has 1 aromatic heterocycles. The maximum atomic E-state index is 12.2. The Hall–Kier alpha value is -1.23. The number of hydrogen-bond donors (Lipinski definition) is 2. The average Bonchev–Trinajstić information content (AvgIpc) is 2.39. The lowest BCUT2D eigenvalue weighted by atomic mass is 9.94. The van der Waals surface area contributed by atoms with E-state index in [4.69, 9.17) is 5.73 Å². The van der Waals surface area contributed by atoms with Gasteiger partial charge >= 0.3 is 0 Å². The van der Waals surface area contributed by atoms with E-state index in [-0.39, 0.29) is 11.9 Å². The Balaban J connectivity index is 2.04. The van der Waals surface area contributed by atoms with Gasteiger partial charge in [-0.25, -0.2) is 0 Å². The lowest BCUT2D eigenvalue weighted by Crippen LogP contribution is -2.43. The van der Waals surface area contributed by atoms with Crippen LogP contribution in [0, 0.1) is 0 Å². The quantitative estimate of drug-likeness (QED) is 0.878. The van der Waals surface area contributed by atoms with Crippen LogP contribution in [0.4, 0.5) is 5.69 Å². The van der Waals surface area contributed by atoms with E-state index in [1.165, 1.54) is 25.5 Å². The summed E-state index contributed by atoms with van der Waals surface area (Å²) in [5.41, 5.74) is 6.73. The van der Waals surface area contributed by atoms with Gasteiger partial charge in [-0.1, -0.05) is 12.8 Å². The van der Waals surface area contributed by atoms with Gasteiger partial charge in [-0.05, 0) is 25.2 Å². The summed E-state index contributed by atoms with van der Waals surface area (Å²) in [6.07, 6.45) is 9.90. The van der Waals surface area contributed by atoms with Gasteiger partial charge in [0.15, 0.2) is 0 Å². The minimum Gasteiger partial charge on any atom is -0.397 e. The molecule has 2 atom stereocenters. The topological polar surface area (TPSA) is 68.0 Å². The average molecular weight is 265 g/mol. The summed E-state index contributed by atoms with van der Waals surface area (Å²) in [4.78, 5) is 16.1. The Bertz CT molecular complexity index is 424. The molecule has 1 fully saturated rings. The molecule has 0 aromatic carbocycles. The van der Waals surface area contributed by atoms with Crippen LogP contribution in [-0.2, 0) is 0 Å². The third kappa shape index (κ3) is 2.96. The van der Waals surface area contributed by atoms with Crippen molar-refractivity contribution < 1.29 is 4.79 Å². The smallest absolute Gasteiger partial charge is 0.253 e. The number of rotatable bonds is 3. The van der Waals surface area contributed by atoms with Crippen LogP contribution in [0.5, 0.6) is 0 Å². The Kier molecular flexibility index (Phi) is 4.47. The second-order valence-corrected chi connectivity index (χ2v) is 5.68. The summed E-state index contributed by atoms with van der Waals surface area (Å²) in [6, 6.07) is 1.93. The molecule has 4 nitrogen and oxygen atoms in total. The highest BCUT2D eigenvalue weighted by molar-refractivity contribution is 7.99. The van der Waals surface area contributed by atoms with Crippen molar-refractivity contribution in [1.29, 1.82) is 0 Å². The van der Waals surface area contributed by atoms with Gasteiger partial charge in [-0.15, -0.1) is 0 Å². The summed E-state index contributed by atoms with van der Waals surface area (Å²) >= 11 is 1.84. The van der Waals surface area contributed by atoms with Crippen LogP contribution in [0.2, 0.25) is 0 Å². The van der Waals surface area contributed by atoms with E-state index in [0.717, 1.165) is 6.42 Å². The molecule has 5 heteroatoms. The lowest BCUT2D eigenvalue weighted by molar-refractivity contribution is 0.0930. The van der Waals surface area contributed by atoms with Gasteiger partial charge in [0.2, 0.25) is 0 Å². The molecular weight excluding hydrogens is 246 g/mol. The molecule has 2 unspecified atom stereocenters. The van der Waals surface area contributed by atoms with Crippen molar-refractivity contribution in [3.8, 4) is 0 Å². The summed E-state index contributed by atoms with van der Waals surface area (Å²) in [6.45, 7) is 0. The summed E-state index contributed by atoms with van der Waals surface area (Å²) < 4.78 is 0. The number of carbonyl (C=O) groups excluding carboxylic acids is 1. The zero-order chi connectivity index (χ0) is 13.0. The zero-order valence-electron chi connectivity index (χ0n) is 10.6. The Morgan fingerprint density at radius 3 is 3.00 bits per heavy atom. The molecule has 0 bridgehead atoms. The number of hydrogen-bond acceptors (Lipinski definition) is 4. The van der Waals surface area contributed by atoms with Crippen LogP contribution >= 0.6 is 11.8 Å². The molecule has 1 saturated carbocycles. The highest BCUT2D eigenvalue weighted by Crippen LogP contribution is 2.27. The van der Waals surface area contributed by atoms with Crippen molar-refractivity contribution in [2.45, 2.75) is 37.0 Å². The van der Waals surface area contributed by atoms with E-state index in [0.29, 0.717) is 16.5 Å². The Morgan fingerprint density at radius 2 is 2.28 bits per heavy atom. The molecule has 0 saturated heterocycles. The van der Waals surface area contributed by atoms with Crippen molar-refractivity contribution in [1.82, 2.24) is 10.3 Å². The fraction of sp³-hybridized carbons (Fsp3) is 0.538. The minimum atomic E-state index is -0.0825. The first kappa shape index (κ1) is 13.2. The van der Waals surface area contributed by atoms with Crippen LogP contribution in [-0.4, -0.2) is 28.4 Å². The van der Waals surface area contributed by atoms with Crippen molar-refractivity contribution in [2.75, 3.05) is 12.0 Å². The second-order valence-electron chi connectivity index (χ2n) is 4.60. The van der Waals surface area contributed by atoms with Crippen molar-refractivity contribution in [2.24, 2.45) is 0 Å². The van der Waals surface area contributed by atoms with E-state index in [2.05, 4.69) is 16.6 Å². The van der Waals surface area contributed by atoms with Crippen molar-refractivity contribution in [3.63, 3.8) is 0 Å². The monoisotopic (exact) mass is 265 g/mol. The van der Waals surface area contributed by atoms with Gasteiger partial charge in [0.1, 0.15) is 0 Å².